The fourth-order valence-corrected chi connectivity index (χ4v) is 3.49. The van der Waals surface area contributed by atoms with Gasteiger partial charge in [-0.25, -0.2) is 13.1 Å². The van der Waals surface area contributed by atoms with Crippen LogP contribution in [-0.2, 0) is 22.3 Å². The highest BCUT2D eigenvalue weighted by Gasteiger charge is 2.12. The minimum atomic E-state index is -3.32. The molecule has 0 aliphatic carbocycles. The summed E-state index contributed by atoms with van der Waals surface area (Å²) in [6.45, 7) is 0.263. The maximum absolute atomic E-state index is 12.5. The minimum absolute atomic E-state index is 0.102. The third-order valence-corrected chi connectivity index (χ3v) is 5.47. The molecule has 3 aromatic rings. The number of carbonyl (C=O) groups is 1. The van der Waals surface area contributed by atoms with Gasteiger partial charge in [0.2, 0.25) is 15.6 Å². The molecule has 0 saturated heterocycles. The molecule has 3 N–H and O–H groups in total. The highest BCUT2D eigenvalue weighted by Crippen LogP contribution is 2.15. The normalized spacial score (nSPS) is 11.4. The van der Waals surface area contributed by atoms with Crippen LogP contribution in [0.15, 0.2) is 59.4 Å². The molecule has 0 aliphatic rings. The number of carbonyl (C=O) groups excluding carboxylic acids is 1. The highest BCUT2D eigenvalue weighted by molar-refractivity contribution is 7.88. The van der Waals surface area contributed by atoms with Crippen molar-refractivity contribution in [3.63, 3.8) is 0 Å². The fraction of sp³-hybridized carbons (Fsp3) is 0.158. The van der Waals surface area contributed by atoms with Gasteiger partial charge in [0, 0.05) is 23.5 Å². The number of hydrogen-bond donors (Lipinski definition) is 3. The Morgan fingerprint density at radius 1 is 1.04 bits per heavy atom. The zero-order valence-electron chi connectivity index (χ0n) is 14.7. The summed E-state index contributed by atoms with van der Waals surface area (Å²) in [4.78, 5) is 27.0. The zero-order chi connectivity index (χ0) is 19.4. The summed E-state index contributed by atoms with van der Waals surface area (Å²) in [7, 11) is -1.95. The van der Waals surface area contributed by atoms with Crippen molar-refractivity contribution in [2.75, 3.05) is 7.05 Å². The van der Waals surface area contributed by atoms with Crippen LogP contribution < -0.4 is 15.6 Å². The van der Waals surface area contributed by atoms with E-state index in [1.165, 1.54) is 13.1 Å². The van der Waals surface area contributed by atoms with E-state index in [4.69, 9.17) is 0 Å². The molecule has 0 saturated carbocycles. The molecule has 1 amide bonds. The van der Waals surface area contributed by atoms with Crippen molar-refractivity contribution in [2.24, 2.45) is 0 Å². The summed E-state index contributed by atoms with van der Waals surface area (Å²) < 4.78 is 25.4. The second kappa shape index (κ2) is 7.73. The van der Waals surface area contributed by atoms with Crippen LogP contribution in [0.4, 0.5) is 0 Å². The summed E-state index contributed by atoms with van der Waals surface area (Å²) in [6, 6.07) is 15.3. The SMILES string of the molecule is CNS(=O)(=O)Cc1ccc(CNC(=O)c2cc(=O)[nH]c3ccccc23)cc1. The van der Waals surface area contributed by atoms with E-state index in [-0.39, 0.29) is 23.8 Å². The Balaban J connectivity index is 1.72. The molecule has 0 aliphatic heterocycles. The lowest BCUT2D eigenvalue weighted by Crippen LogP contribution is -2.25. The van der Waals surface area contributed by atoms with Gasteiger partial charge in [-0.1, -0.05) is 42.5 Å². The van der Waals surface area contributed by atoms with Crippen LogP contribution in [0.5, 0.6) is 0 Å². The van der Waals surface area contributed by atoms with Crippen LogP contribution in [0.3, 0.4) is 0 Å². The lowest BCUT2D eigenvalue weighted by molar-refractivity contribution is 0.0952. The van der Waals surface area contributed by atoms with Crippen LogP contribution in [0.2, 0.25) is 0 Å². The number of fused-ring (bicyclic) bond motifs is 1. The Bertz CT molecular complexity index is 1140. The highest BCUT2D eigenvalue weighted by atomic mass is 32.2. The predicted molar refractivity (Wildman–Crippen MR) is 104 cm³/mol. The van der Waals surface area contributed by atoms with Crippen LogP contribution in [-0.4, -0.2) is 26.4 Å². The number of nitrogens with one attached hydrogen (secondary N) is 3. The van der Waals surface area contributed by atoms with Crippen molar-refractivity contribution in [3.8, 4) is 0 Å². The third kappa shape index (κ3) is 4.60. The van der Waals surface area contributed by atoms with Crippen molar-refractivity contribution in [2.45, 2.75) is 12.3 Å². The maximum Gasteiger partial charge on any atom is 0.252 e. The number of H-pyrrole nitrogens is 1. The maximum atomic E-state index is 12.5. The summed E-state index contributed by atoms with van der Waals surface area (Å²) in [5, 5.41) is 3.46. The van der Waals surface area contributed by atoms with Gasteiger partial charge in [0.05, 0.1) is 11.3 Å². The molecule has 27 heavy (non-hydrogen) atoms. The lowest BCUT2D eigenvalue weighted by Gasteiger charge is -2.09. The van der Waals surface area contributed by atoms with Crippen molar-refractivity contribution >= 4 is 26.8 Å². The van der Waals surface area contributed by atoms with Gasteiger partial charge < -0.3 is 10.3 Å². The van der Waals surface area contributed by atoms with Gasteiger partial charge in [-0.3, -0.25) is 9.59 Å². The second-order valence-electron chi connectivity index (χ2n) is 6.06. The van der Waals surface area contributed by atoms with E-state index >= 15 is 0 Å². The van der Waals surface area contributed by atoms with E-state index in [0.29, 0.717) is 22.0 Å². The first-order valence-corrected chi connectivity index (χ1v) is 9.92. The molecule has 0 unspecified atom stereocenters. The smallest absolute Gasteiger partial charge is 0.252 e. The van der Waals surface area contributed by atoms with E-state index in [2.05, 4.69) is 15.0 Å². The number of amides is 1. The van der Waals surface area contributed by atoms with Crippen LogP contribution in [0.25, 0.3) is 10.9 Å². The van der Waals surface area contributed by atoms with Gasteiger partial charge in [0.15, 0.2) is 0 Å². The molecule has 2 aromatic carbocycles. The first kappa shape index (κ1) is 18.8. The molecule has 0 fully saturated rings. The first-order valence-electron chi connectivity index (χ1n) is 8.27. The van der Waals surface area contributed by atoms with Gasteiger partial charge >= 0.3 is 0 Å². The molecule has 140 valence electrons. The van der Waals surface area contributed by atoms with Gasteiger partial charge in [-0.05, 0) is 24.2 Å². The molecule has 0 bridgehead atoms. The van der Waals surface area contributed by atoms with E-state index in [1.807, 2.05) is 0 Å². The Morgan fingerprint density at radius 3 is 2.41 bits per heavy atom. The molecule has 0 spiro atoms. The molecule has 7 nitrogen and oxygen atoms in total. The number of hydrogen-bond acceptors (Lipinski definition) is 4. The lowest BCUT2D eigenvalue weighted by atomic mass is 10.1. The average Bonchev–Trinajstić information content (AvgIpc) is 2.66. The number of aromatic nitrogens is 1. The van der Waals surface area contributed by atoms with Crippen molar-refractivity contribution < 1.29 is 13.2 Å². The largest absolute Gasteiger partial charge is 0.348 e. The molecule has 0 atom stereocenters. The molecule has 8 heteroatoms. The molecular formula is C19H19N3O4S. The quantitative estimate of drug-likeness (QED) is 0.598. The standard InChI is InChI=1S/C19H19N3O4S/c1-20-27(25,26)12-14-8-6-13(7-9-14)11-21-19(24)16-10-18(23)22-17-5-3-2-4-15(16)17/h2-10,20H,11-12H2,1H3,(H,21,24)(H,22,23). The summed E-state index contributed by atoms with van der Waals surface area (Å²) in [6.07, 6.45) is 0. The Hall–Kier alpha value is -2.97. The van der Waals surface area contributed by atoms with Gasteiger partial charge in [-0.15, -0.1) is 0 Å². The number of para-hydroxylation sites is 1. The third-order valence-electron chi connectivity index (χ3n) is 4.14. The van der Waals surface area contributed by atoms with Crippen LogP contribution >= 0.6 is 0 Å². The van der Waals surface area contributed by atoms with E-state index in [9.17, 15) is 18.0 Å². The molecule has 3 rings (SSSR count). The van der Waals surface area contributed by atoms with Gasteiger partial charge in [0.1, 0.15) is 0 Å². The monoisotopic (exact) mass is 385 g/mol. The number of benzene rings is 2. The van der Waals surface area contributed by atoms with Crippen LogP contribution in [0, 0.1) is 0 Å². The topological polar surface area (TPSA) is 108 Å². The van der Waals surface area contributed by atoms with Crippen molar-refractivity contribution in [3.05, 3.63) is 81.6 Å². The van der Waals surface area contributed by atoms with Crippen molar-refractivity contribution in [1.82, 2.24) is 15.0 Å². The van der Waals surface area contributed by atoms with E-state index in [1.54, 1.807) is 48.5 Å². The zero-order valence-corrected chi connectivity index (χ0v) is 15.5. The molecule has 0 radical (unpaired) electrons. The molecular weight excluding hydrogens is 366 g/mol. The second-order valence-corrected chi connectivity index (χ2v) is 7.98. The number of aromatic amines is 1. The molecule has 1 aromatic heterocycles. The number of pyridine rings is 1. The Labute approximate surface area is 156 Å². The first-order chi connectivity index (χ1) is 12.9. The average molecular weight is 385 g/mol. The Morgan fingerprint density at radius 2 is 1.70 bits per heavy atom. The van der Waals surface area contributed by atoms with E-state index in [0.717, 1.165) is 5.56 Å². The summed E-state index contributed by atoms with van der Waals surface area (Å²) in [5.74, 6) is -0.450. The molecule has 1 heterocycles. The van der Waals surface area contributed by atoms with Crippen molar-refractivity contribution in [1.29, 1.82) is 0 Å². The number of rotatable bonds is 6. The minimum Gasteiger partial charge on any atom is -0.348 e. The summed E-state index contributed by atoms with van der Waals surface area (Å²) >= 11 is 0. The fourth-order valence-electron chi connectivity index (χ4n) is 2.71. The summed E-state index contributed by atoms with van der Waals surface area (Å²) in [5.41, 5.74) is 2.05. The van der Waals surface area contributed by atoms with Gasteiger partial charge in [-0.2, -0.15) is 0 Å². The van der Waals surface area contributed by atoms with Crippen LogP contribution in [0.1, 0.15) is 21.5 Å². The number of sulfonamides is 1. The van der Waals surface area contributed by atoms with Gasteiger partial charge in [0.25, 0.3) is 5.91 Å². The Kier molecular flexibility index (Phi) is 5.38. The predicted octanol–water partition coefficient (Wildman–Crippen LogP) is 1.51. The van der Waals surface area contributed by atoms with E-state index < -0.39 is 10.0 Å².